The summed E-state index contributed by atoms with van der Waals surface area (Å²) in [6, 6.07) is 0. The van der Waals surface area contributed by atoms with Gasteiger partial charge in [0.1, 0.15) is 0 Å². The van der Waals surface area contributed by atoms with E-state index in [0.717, 1.165) is 6.42 Å². The quantitative estimate of drug-likeness (QED) is 0.550. The molecule has 0 aromatic heterocycles. The molecule has 1 fully saturated rings. The fourth-order valence-electron chi connectivity index (χ4n) is 1.14. The van der Waals surface area contributed by atoms with Gasteiger partial charge in [-0.25, -0.2) is 4.79 Å². The van der Waals surface area contributed by atoms with Gasteiger partial charge in [0.25, 0.3) is 0 Å². The summed E-state index contributed by atoms with van der Waals surface area (Å²) in [5.41, 5.74) is 0. The molecule has 14 heavy (non-hydrogen) atoms. The smallest absolute Gasteiger partial charge is 0.330 e. The molecule has 1 aliphatic rings. The highest BCUT2D eigenvalue weighted by Gasteiger charge is 2.12. The molecule has 80 valence electrons. The summed E-state index contributed by atoms with van der Waals surface area (Å²) < 4.78 is 5.43. The summed E-state index contributed by atoms with van der Waals surface area (Å²) in [7, 11) is 0. The van der Waals surface area contributed by atoms with Crippen LogP contribution in [0, 0.1) is 0 Å². The Morgan fingerprint density at radius 2 is 2.21 bits per heavy atom. The molecule has 1 rings (SSSR count). The molecule has 0 aromatic carbocycles. The molecule has 0 saturated carbocycles. The van der Waals surface area contributed by atoms with E-state index in [4.69, 9.17) is 4.74 Å². The Labute approximate surface area is 93.8 Å². The van der Waals surface area contributed by atoms with Crippen LogP contribution < -0.4 is 0 Å². The molecule has 0 amide bonds. The van der Waals surface area contributed by atoms with E-state index in [0.29, 0.717) is 11.2 Å². The lowest BCUT2D eigenvalue weighted by atomic mass is 10.4. The molecule has 0 radical (unpaired) electrons. The third-order valence-electron chi connectivity index (χ3n) is 1.77. The number of hydrogen-bond donors (Lipinski definition) is 0. The van der Waals surface area contributed by atoms with Crippen molar-refractivity contribution in [2.75, 3.05) is 18.1 Å². The number of ether oxygens (including phenoxy) is 1. The van der Waals surface area contributed by atoms with Crippen LogP contribution in [0.25, 0.3) is 0 Å². The third-order valence-corrected chi connectivity index (χ3v) is 4.76. The van der Waals surface area contributed by atoms with Crippen molar-refractivity contribution in [2.24, 2.45) is 0 Å². The summed E-state index contributed by atoms with van der Waals surface area (Å²) in [5, 5.41) is 0. The van der Waals surface area contributed by atoms with Gasteiger partial charge in [0, 0.05) is 6.08 Å². The first kappa shape index (κ1) is 12.0. The molecule has 1 saturated heterocycles. The van der Waals surface area contributed by atoms with Crippen LogP contribution in [0.2, 0.25) is 0 Å². The number of rotatable bonds is 4. The van der Waals surface area contributed by atoms with Gasteiger partial charge in [0.2, 0.25) is 0 Å². The number of thioether (sulfide) groups is 2. The molecule has 4 heteroatoms. The van der Waals surface area contributed by atoms with Crippen LogP contribution >= 0.6 is 23.5 Å². The van der Waals surface area contributed by atoms with Crippen molar-refractivity contribution >= 4 is 29.5 Å². The van der Waals surface area contributed by atoms with Gasteiger partial charge in [-0.3, -0.25) is 0 Å². The zero-order valence-corrected chi connectivity index (χ0v) is 10.0. The van der Waals surface area contributed by atoms with Crippen molar-refractivity contribution in [1.82, 2.24) is 0 Å². The van der Waals surface area contributed by atoms with Gasteiger partial charge in [0.05, 0.1) is 11.2 Å². The molecule has 0 bridgehead atoms. The first-order valence-corrected chi connectivity index (χ1v) is 6.99. The van der Waals surface area contributed by atoms with Crippen LogP contribution in [0.3, 0.4) is 0 Å². The average Bonchev–Trinajstić information content (AvgIpc) is 2.20. The second kappa shape index (κ2) is 7.23. The van der Waals surface area contributed by atoms with Crippen LogP contribution in [0.15, 0.2) is 12.2 Å². The van der Waals surface area contributed by atoms with Gasteiger partial charge in [-0.1, -0.05) is 6.08 Å². The largest absolute Gasteiger partial charge is 0.463 e. The van der Waals surface area contributed by atoms with Crippen molar-refractivity contribution < 1.29 is 9.53 Å². The van der Waals surface area contributed by atoms with Gasteiger partial charge < -0.3 is 4.74 Å². The molecular weight excluding hydrogens is 216 g/mol. The topological polar surface area (TPSA) is 26.3 Å². The van der Waals surface area contributed by atoms with Crippen LogP contribution in [-0.2, 0) is 9.53 Å². The highest BCUT2D eigenvalue weighted by molar-refractivity contribution is 8.17. The molecule has 1 heterocycles. The highest BCUT2D eigenvalue weighted by atomic mass is 32.2. The van der Waals surface area contributed by atoms with Crippen LogP contribution in [0.5, 0.6) is 0 Å². The minimum Gasteiger partial charge on any atom is -0.463 e. The molecule has 2 nitrogen and oxygen atoms in total. The number of hydrogen-bond acceptors (Lipinski definition) is 4. The van der Waals surface area contributed by atoms with Crippen molar-refractivity contribution in [3.8, 4) is 0 Å². The highest BCUT2D eigenvalue weighted by Crippen LogP contribution is 2.32. The number of carbonyl (C=O) groups excluding carboxylic acids is 1. The molecule has 0 unspecified atom stereocenters. The average molecular weight is 232 g/mol. The van der Waals surface area contributed by atoms with E-state index in [2.05, 4.69) is 0 Å². The van der Waals surface area contributed by atoms with Crippen LogP contribution in [0.1, 0.15) is 19.8 Å². The van der Waals surface area contributed by atoms with Crippen molar-refractivity contribution in [3.63, 3.8) is 0 Å². The number of esters is 1. The molecule has 0 N–H and O–H groups in total. The number of allylic oxidation sites excluding steroid dienone is 1. The van der Waals surface area contributed by atoms with Crippen LogP contribution in [0.4, 0.5) is 0 Å². The summed E-state index contributed by atoms with van der Waals surface area (Å²) in [6.45, 7) is 2.27. The maximum atomic E-state index is 11.0. The number of carbonyl (C=O) groups is 1. The zero-order valence-electron chi connectivity index (χ0n) is 8.40. The first-order valence-electron chi connectivity index (χ1n) is 4.89. The van der Waals surface area contributed by atoms with Crippen molar-refractivity contribution in [2.45, 2.75) is 24.3 Å². The SMILES string of the molecule is CCOC(=O)C=CCC1SCCCS1. The Morgan fingerprint density at radius 3 is 2.86 bits per heavy atom. The van der Waals surface area contributed by atoms with E-state index in [-0.39, 0.29) is 5.97 Å². The van der Waals surface area contributed by atoms with Gasteiger partial charge in [-0.05, 0) is 31.3 Å². The van der Waals surface area contributed by atoms with E-state index < -0.39 is 0 Å². The molecular formula is C10H16O2S2. The third kappa shape index (κ3) is 4.96. The molecule has 0 spiro atoms. The van der Waals surface area contributed by atoms with Crippen molar-refractivity contribution in [1.29, 1.82) is 0 Å². The monoisotopic (exact) mass is 232 g/mol. The van der Waals surface area contributed by atoms with E-state index in [1.165, 1.54) is 17.9 Å². The molecule has 0 aromatic rings. The van der Waals surface area contributed by atoms with Crippen molar-refractivity contribution in [3.05, 3.63) is 12.2 Å². The maximum absolute atomic E-state index is 11.0. The summed E-state index contributed by atoms with van der Waals surface area (Å²) in [4.78, 5) is 11.0. The predicted octanol–water partition coefficient (Wildman–Crippen LogP) is 2.69. The maximum Gasteiger partial charge on any atom is 0.330 e. The minimum atomic E-state index is -0.224. The lowest BCUT2D eigenvalue weighted by Crippen LogP contribution is -2.05. The van der Waals surface area contributed by atoms with Gasteiger partial charge in [-0.15, -0.1) is 23.5 Å². The van der Waals surface area contributed by atoms with E-state index in [9.17, 15) is 4.79 Å². The Balaban J connectivity index is 2.14. The van der Waals surface area contributed by atoms with Gasteiger partial charge in [0.15, 0.2) is 0 Å². The lowest BCUT2D eigenvalue weighted by molar-refractivity contribution is -0.137. The fraction of sp³-hybridized carbons (Fsp3) is 0.700. The molecule has 1 aliphatic heterocycles. The van der Waals surface area contributed by atoms with E-state index in [1.54, 1.807) is 6.08 Å². The summed E-state index contributed by atoms with van der Waals surface area (Å²) in [5.74, 6) is 2.29. The first-order chi connectivity index (χ1) is 6.83. The summed E-state index contributed by atoms with van der Waals surface area (Å²) in [6.07, 6.45) is 5.74. The Bertz CT molecular complexity index is 198. The lowest BCUT2D eigenvalue weighted by Gasteiger charge is -2.18. The Hall–Kier alpha value is -0.0900. The van der Waals surface area contributed by atoms with E-state index >= 15 is 0 Å². The van der Waals surface area contributed by atoms with Gasteiger partial charge in [-0.2, -0.15) is 0 Å². The van der Waals surface area contributed by atoms with Gasteiger partial charge >= 0.3 is 5.97 Å². The Kier molecular flexibility index (Phi) is 6.19. The fourth-order valence-corrected chi connectivity index (χ4v) is 3.93. The second-order valence-corrected chi connectivity index (χ2v) is 5.83. The molecule has 0 atom stereocenters. The summed E-state index contributed by atoms with van der Waals surface area (Å²) >= 11 is 3.98. The Morgan fingerprint density at radius 1 is 1.50 bits per heavy atom. The zero-order chi connectivity index (χ0) is 10.2. The van der Waals surface area contributed by atoms with Crippen LogP contribution in [-0.4, -0.2) is 28.7 Å². The normalized spacial score (nSPS) is 18.6. The second-order valence-electron chi connectivity index (χ2n) is 2.91. The van der Waals surface area contributed by atoms with E-state index in [1.807, 2.05) is 36.5 Å². The predicted molar refractivity (Wildman–Crippen MR) is 63.7 cm³/mol. The minimum absolute atomic E-state index is 0.224. The standard InChI is InChI=1S/C10H16O2S2/c1-2-12-9(11)5-3-6-10-13-7-4-8-14-10/h3,5,10H,2,4,6-8H2,1H3. The molecule has 0 aliphatic carbocycles.